The topological polar surface area (TPSA) is 53.4 Å². The maximum absolute atomic E-state index is 8.70. The number of nitrogens with zero attached hydrogens (tertiary/aromatic N) is 1. The van der Waals surface area contributed by atoms with Gasteiger partial charge in [0.15, 0.2) is 0 Å². The molecule has 0 aliphatic carbocycles. The summed E-state index contributed by atoms with van der Waals surface area (Å²) in [5, 5.41) is 17.4. The molecule has 3 nitrogen and oxygen atoms in total. The summed E-state index contributed by atoms with van der Waals surface area (Å²) in [6, 6.07) is 3.53. The molecule has 1 rings (SSSR count). The molecule has 0 saturated heterocycles. The molecule has 0 spiro atoms. The molecule has 11 heavy (non-hydrogen) atoms. The molecule has 0 saturated carbocycles. The first-order chi connectivity index (χ1) is 4.72. The van der Waals surface area contributed by atoms with Crippen molar-refractivity contribution in [2.24, 2.45) is 0 Å². The predicted octanol–water partition coefficient (Wildman–Crippen LogP) is -1.31. The normalized spacial score (nSPS) is 8.64. The van der Waals surface area contributed by atoms with Gasteiger partial charge in [-0.2, -0.15) is 0 Å². The molecule has 53 valence electrons. The molecule has 5 heteroatoms. The Labute approximate surface area is 77.8 Å². The van der Waals surface area contributed by atoms with Gasteiger partial charge < -0.3 is 10.0 Å². The Balaban J connectivity index is 0.000001000. The van der Waals surface area contributed by atoms with E-state index in [-0.39, 0.29) is 18.9 Å². The molecule has 1 radical (unpaired) electrons. The van der Waals surface area contributed by atoms with Crippen LogP contribution in [0.5, 0.6) is 0 Å². The van der Waals surface area contributed by atoms with E-state index in [4.69, 9.17) is 10.0 Å². The third-order valence-electron chi connectivity index (χ3n) is 1.29. The minimum absolute atomic E-state index is 0. The van der Waals surface area contributed by atoms with Crippen molar-refractivity contribution in [2.45, 2.75) is 6.92 Å². The van der Waals surface area contributed by atoms with Crippen molar-refractivity contribution in [3.05, 3.63) is 23.9 Å². The van der Waals surface area contributed by atoms with Crippen LogP contribution < -0.4 is 5.59 Å². The van der Waals surface area contributed by atoms with Crippen molar-refractivity contribution >= 4 is 31.6 Å². The van der Waals surface area contributed by atoms with Gasteiger partial charge in [-0.15, -0.1) is 0 Å². The van der Waals surface area contributed by atoms with Crippen LogP contribution in [-0.2, 0) is 0 Å². The van der Waals surface area contributed by atoms with Crippen LogP contribution in [0.2, 0.25) is 0 Å². The van der Waals surface area contributed by atoms with Gasteiger partial charge in [0.2, 0.25) is 0 Å². The molecule has 0 aliphatic heterocycles. The first-order valence-corrected chi connectivity index (χ1v) is 2.99. The minimum Gasteiger partial charge on any atom is -0.422 e. The summed E-state index contributed by atoms with van der Waals surface area (Å²) in [5.41, 5.74) is 1.11. The standard InChI is InChI=1S/C6H8BNO2.Li/c1-5-3-2-4-8-6(5)7(9)10;/h2-4,9-10H,1H3;. The Bertz CT molecular complexity index is 232. The maximum atomic E-state index is 8.70. The summed E-state index contributed by atoms with van der Waals surface area (Å²) in [4.78, 5) is 3.78. The number of aryl methyl sites for hydroxylation is 1. The average molecular weight is 144 g/mol. The van der Waals surface area contributed by atoms with Gasteiger partial charge in [0.05, 0.1) is 5.59 Å². The Morgan fingerprint density at radius 1 is 1.45 bits per heavy atom. The molecule has 1 aromatic rings. The van der Waals surface area contributed by atoms with Crippen molar-refractivity contribution < 1.29 is 10.0 Å². The molecule has 2 N–H and O–H groups in total. The van der Waals surface area contributed by atoms with Crippen molar-refractivity contribution in [2.75, 3.05) is 0 Å². The number of pyridine rings is 1. The molecule has 0 unspecified atom stereocenters. The Morgan fingerprint density at radius 2 is 2.09 bits per heavy atom. The summed E-state index contributed by atoms with van der Waals surface area (Å²) in [6.07, 6.45) is 1.53. The van der Waals surface area contributed by atoms with Crippen molar-refractivity contribution in [3.63, 3.8) is 0 Å². The van der Waals surface area contributed by atoms with E-state index < -0.39 is 7.12 Å². The van der Waals surface area contributed by atoms with Crippen molar-refractivity contribution in [1.82, 2.24) is 4.98 Å². The monoisotopic (exact) mass is 144 g/mol. The summed E-state index contributed by atoms with van der Waals surface area (Å²) < 4.78 is 0. The SMILES string of the molecule is Cc1cccnc1B(O)O.[Li]. The number of hydrogen-bond donors (Lipinski definition) is 2. The van der Waals surface area contributed by atoms with Crippen LogP contribution in [-0.4, -0.2) is 41.0 Å². The van der Waals surface area contributed by atoms with Gasteiger partial charge in [0, 0.05) is 25.1 Å². The second-order valence-electron chi connectivity index (χ2n) is 2.08. The summed E-state index contributed by atoms with van der Waals surface area (Å²) in [6.45, 7) is 1.78. The van der Waals surface area contributed by atoms with E-state index in [2.05, 4.69) is 4.98 Å². The fraction of sp³-hybridized carbons (Fsp3) is 0.167. The van der Waals surface area contributed by atoms with Crippen LogP contribution in [0.15, 0.2) is 18.3 Å². The van der Waals surface area contributed by atoms with E-state index in [1.807, 2.05) is 0 Å². The number of rotatable bonds is 1. The van der Waals surface area contributed by atoms with Gasteiger partial charge in [-0.1, -0.05) is 6.07 Å². The zero-order valence-electron chi connectivity index (χ0n) is 6.65. The third kappa shape index (κ3) is 2.68. The minimum atomic E-state index is -1.46. The summed E-state index contributed by atoms with van der Waals surface area (Å²) in [5.74, 6) is 0. The molecule has 0 aromatic carbocycles. The average Bonchev–Trinajstić information content (AvgIpc) is 1.88. The molecule has 1 aromatic heterocycles. The first kappa shape index (κ1) is 10.7. The summed E-state index contributed by atoms with van der Waals surface area (Å²) in [7, 11) is -1.46. The maximum Gasteiger partial charge on any atom is 0.508 e. The van der Waals surface area contributed by atoms with Gasteiger partial charge in [-0.25, -0.2) is 0 Å². The Hall–Kier alpha value is -0.268. The van der Waals surface area contributed by atoms with Gasteiger partial charge in [0.1, 0.15) is 0 Å². The number of hydrogen-bond acceptors (Lipinski definition) is 3. The molecular weight excluding hydrogens is 136 g/mol. The van der Waals surface area contributed by atoms with Crippen molar-refractivity contribution in [1.29, 1.82) is 0 Å². The molecule has 1 heterocycles. The van der Waals surface area contributed by atoms with Crippen LogP contribution >= 0.6 is 0 Å². The van der Waals surface area contributed by atoms with Crippen molar-refractivity contribution in [3.8, 4) is 0 Å². The van der Waals surface area contributed by atoms with Crippen LogP contribution in [0.4, 0.5) is 0 Å². The van der Waals surface area contributed by atoms with Crippen LogP contribution in [0, 0.1) is 6.92 Å². The van der Waals surface area contributed by atoms with E-state index in [1.54, 1.807) is 19.1 Å². The van der Waals surface area contributed by atoms with E-state index >= 15 is 0 Å². The van der Waals surface area contributed by atoms with E-state index in [0.717, 1.165) is 5.56 Å². The van der Waals surface area contributed by atoms with Gasteiger partial charge in [0.25, 0.3) is 0 Å². The quantitative estimate of drug-likeness (QED) is 0.481. The van der Waals surface area contributed by atoms with Gasteiger partial charge in [-0.3, -0.25) is 4.98 Å². The van der Waals surface area contributed by atoms with Crippen LogP contribution in [0.3, 0.4) is 0 Å². The van der Waals surface area contributed by atoms with E-state index in [1.165, 1.54) is 6.20 Å². The largest absolute Gasteiger partial charge is 0.508 e. The van der Waals surface area contributed by atoms with E-state index in [0.29, 0.717) is 5.59 Å². The molecule has 0 aliphatic rings. The Kier molecular flexibility index (Phi) is 4.47. The van der Waals surface area contributed by atoms with Gasteiger partial charge >= 0.3 is 7.12 Å². The zero-order valence-corrected chi connectivity index (χ0v) is 6.65. The fourth-order valence-corrected chi connectivity index (χ4v) is 0.768. The predicted molar refractivity (Wildman–Crippen MR) is 44.6 cm³/mol. The molecule has 0 fully saturated rings. The second-order valence-corrected chi connectivity index (χ2v) is 2.08. The molecule has 0 amide bonds. The van der Waals surface area contributed by atoms with Gasteiger partial charge in [-0.05, 0) is 18.6 Å². The third-order valence-corrected chi connectivity index (χ3v) is 1.29. The second kappa shape index (κ2) is 4.58. The van der Waals surface area contributed by atoms with E-state index in [9.17, 15) is 0 Å². The smallest absolute Gasteiger partial charge is 0.422 e. The number of aromatic nitrogens is 1. The zero-order chi connectivity index (χ0) is 7.56. The summed E-state index contributed by atoms with van der Waals surface area (Å²) >= 11 is 0. The molecule has 0 bridgehead atoms. The molecular formula is C6H8BLiNO2. The first-order valence-electron chi connectivity index (χ1n) is 2.99. The fourth-order valence-electron chi connectivity index (χ4n) is 0.768. The molecule has 0 atom stereocenters. The van der Waals surface area contributed by atoms with Crippen LogP contribution in [0.1, 0.15) is 5.56 Å². The van der Waals surface area contributed by atoms with Crippen LogP contribution in [0.25, 0.3) is 0 Å². The Morgan fingerprint density at radius 3 is 2.45 bits per heavy atom.